The van der Waals surface area contributed by atoms with E-state index in [-0.39, 0.29) is 11.8 Å². The summed E-state index contributed by atoms with van der Waals surface area (Å²) in [5.74, 6) is -0.128. The van der Waals surface area contributed by atoms with Crippen LogP contribution < -0.4 is 21.0 Å². The fraction of sp³-hybridized carbons (Fsp3) is 0.393. The van der Waals surface area contributed by atoms with E-state index >= 15 is 0 Å². The Morgan fingerprint density at radius 2 is 1.78 bits per heavy atom. The van der Waals surface area contributed by atoms with Crippen LogP contribution in [0.3, 0.4) is 0 Å². The summed E-state index contributed by atoms with van der Waals surface area (Å²) >= 11 is 0. The maximum Gasteiger partial charge on any atom is 0.333 e. The molecular weight excluding hydrogens is 466 g/mol. The Labute approximate surface area is 216 Å². The van der Waals surface area contributed by atoms with Crippen molar-refractivity contribution in [3.63, 3.8) is 0 Å². The van der Waals surface area contributed by atoms with E-state index in [1.807, 2.05) is 36.3 Å². The van der Waals surface area contributed by atoms with Crippen molar-refractivity contribution in [2.75, 3.05) is 43.4 Å². The standard InChI is InChI=1S/C28H33N7O2/c1-34(19-6-3-2-4-7-19)33-28(37)30-22-9-5-8-21-23(22)27(36)24-25(31-32-26(21)24)18-10-12-20(13-11-18)35-16-14-29-15-17-35/h5,8-13,19,29H,2-4,6-7,14-17H2,1H3,(H,31,32)(H2,30,33,37). The Balaban J connectivity index is 1.21. The van der Waals surface area contributed by atoms with E-state index in [0.717, 1.165) is 50.1 Å². The van der Waals surface area contributed by atoms with Gasteiger partial charge in [0, 0.05) is 56.1 Å². The molecule has 0 bridgehead atoms. The number of aromatic amines is 1. The zero-order valence-corrected chi connectivity index (χ0v) is 21.1. The molecule has 1 aliphatic heterocycles. The molecule has 1 aromatic heterocycles. The second-order valence-corrected chi connectivity index (χ2v) is 10.1. The zero-order valence-electron chi connectivity index (χ0n) is 21.1. The van der Waals surface area contributed by atoms with Crippen LogP contribution in [0, 0.1) is 0 Å². The van der Waals surface area contributed by atoms with E-state index in [4.69, 9.17) is 0 Å². The van der Waals surface area contributed by atoms with Gasteiger partial charge in [0.2, 0.25) is 0 Å². The molecule has 0 unspecified atom stereocenters. The molecule has 0 spiro atoms. The summed E-state index contributed by atoms with van der Waals surface area (Å²) in [4.78, 5) is 28.9. The number of carbonyl (C=O) groups excluding carboxylic acids is 2. The molecule has 37 heavy (non-hydrogen) atoms. The molecule has 2 aromatic carbocycles. The van der Waals surface area contributed by atoms with Gasteiger partial charge in [-0.3, -0.25) is 15.3 Å². The minimum absolute atomic E-state index is 0.128. The number of anilines is 2. The lowest BCUT2D eigenvalue weighted by Crippen LogP contribution is -2.48. The quantitative estimate of drug-likeness (QED) is 0.310. The smallest absolute Gasteiger partial charge is 0.333 e. The molecule has 4 N–H and O–H groups in total. The number of ketones is 1. The highest BCUT2D eigenvalue weighted by molar-refractivity contribution is 6.26. The third-order valence-corrected chi connectivity index (χ3v) is 7.83. The molecule has 1 saturated heterocycles. The van der Waals surface area contributed by atoms with E-state index < -0.39 is 0 Å². The third kappa shape index (κ3) is 4.49. The number of nitrogens with one attached hydrogen (secondary N) is 4. The summed E-state index contributed by atoms with van der Waals surface area (Å²) in [5, 5.41) is 15.8. The van der Waals surface area contributed by atoms with E-state index in [9.17, 15) is 9.59 Å². The van der Waals surface area contributed by atoms with Crippen molar-refractivity contribution in [1.29, 1.82) is 0 Å². The van der Waals surface area contributed by atoms with Crippen molar-refractivity contribution < 1.29 is 9.59 Å². The van der Waals surface area contributed by atoms with Gasteiger partial charge in [-0.2, -0.15) is 5.10 Å². The predicted octanol–water partition coefficient (Wildman–Crippen LogP) is 4.00. The highest BCUT2D eigenvalue weighted by atomic mass is 16.2. The first kappa shape index (κ1) is 23.7. The van der Waals surface area contributed by atoms with Gasteiger partial charge in [0.25, 0.3) is 0 Å². The summed E-state index contributed by atoms with van der Waals surface area (Å²) in [6.07, 6.45) is 5.79. The number of nitrogens with zero attached hydrogens (tertiary/aromatic N) is 3. The van der Waals surface area contributed by atoms with E-state index in [1.54, 1.807) is 6.07 Å². The Morgan fingerprint density at radius 1 is 1.03 bits per heavy atom. The summed E-state index contributed by atoms with van der Waals surface area (Å²) in [5.41, 5.74) is 8.64. The maximum absolute atomic E-state index is 13.7. The second kappa shape index (κ2) is 9.99. The predicted molar refractivity (Wildman–Crippen MR) is 145 cm³/mol. The molecule has 2 aliphatic carbocycles. The van der Waals surface area contributed by atoms with Crippen molar-refractivity contribution in [2.24, 2.45) is 0 Å². The van der Waals surface area contributed by atoms with E-state index in [1.165, 1.54) is 24.9 Å². The Kier molecular flexibility index (Phi) is 6.40. The summed E-state index contributed by atoms with van der Waals surface area (Å²) < 4.78 is 0. The van der Waals surface area contributed by atoms with Crippen molar-refractivity contribution >= 4 is 23.2 Å². The number of aromatic nitrogens is 2. The topological polar surface area (TPSA) is 105 Å². The first-order valence-corrected chi connectivity index (χ1v) is 13.2. The molecule has 3 aromatic rings. The van der Waals surface area contributed by atoms with Crippen LogP contribution in [0.5, 0.6) is 0 Å². The SMILES string of the molecule is CN(NC(=O)Nc1cccc2c1C(=O)c1c(-c3ccc(N4CCNCC4)cc3)n[nH]c1-2)C1CCCCC1. The number of H-pyrrole nitrogens is 1. The average molecular weight is 500 g/mol. The fourth-order valence-corrected chi connectivity index (χ4v) is 5.82. The Hall–Kier alpha value is -3.69. The van der Waals surface area contributed by atoms with Gasteiger partial charge in [0.05, 0.1) is 22.5 Å². The minimum Gasteiger partial charge on any atom is -0.369 e. The van der Waals surface area contributed by atoms with Crippen LogP contribution in [0.25, 0.3) is 22.5 Å². The normalized spacial score (nSPS) is 17.6. The molecule has 0 atom stereocenters. The number of carbonyl (C=O) groups is 2. The molecule has 192 valence electrons. The van der Waals surface area contributed by atoms with Crippen LogP contribution in [-0.2, 0) is 0 Å². The number of amides is 2. The van der Waals surface area contributed by atoms with Crippen LogP contribution in [-0.4, -0.2) is 66.3 Å². The van der Waals surface area contributed by atoms with Crippen molar-refractivity contribution in [1.82, 2.24) is 25.9 Å². The van der Waals surface area contributed by atoms with Crippen molar-refractivity contribution in [3.8, 4) is 22.5 Å². The van der Waals surface area contributed by atoms with Crippen LogP contribution in [0.4, 0.5) is 16.2 Å². The van der Waals surface area contributed by atoms with E-state index in [2.05, 4.69) is 43.3 Å². The lowest BCUT2D eigenvalue weighted by atomic mass is 9.95. The van der Waals surface area contributed by atoms with Gasteiger partial charge < -0.3 is 15.5 Å². The lowest BCUT2D eigenvalue weighted by Gasteiger charge is -2.31. The summed E-state index contributed by atoms with van der Waals surface area (Å²) in [6.45, 7) is 3.91. The highest BCUT2D eigenvalue weighted by Crippen LogP contribution is 2.43. The van der Waals surface area contributed by atoms with Gasteiger partial charge in [0.15, 0.2) is 5.78 Å². The zero-order chi connectivity index (χ0) is 25.4. The lowest BCUT2D eigenvalue weighted by molar-refractivity contribution is 0.104. The molecule has 2 heterocycles. The molecule has 9 nitrogen and oxygen atoms in total. The van der Waals surface area contributed by atoms with Crippen molar-refractivity contribution in [3.05, 3.63) is 53.6 Å². The van der Waals surface area contributed by atoms with Gasteiger partial charge in [-0.1, -0.05) is 43.5 Å². The number of hydrogen-bond donors (Lipinski definition) is 4. The van der Waals surface area contributed by atoms with Crippen LogP contribution in [0.2, 0.25) is 0 Å². The molecule has 0 radical (unpaired) electrons. The molecule has 1 saturated carbocycles. The highest BCUT2D eigenvalue weighted by Gasteiger charge is 2.35. The number of fused-ring (bicyclic) bond motifs is 3. The largest absolute Gasteiger partial charge is 0.369 e. The molecule has 3 aliphatic rings. The van der Waals surface area contributed by atoms with E-state index in [0.29, 0.717) is 34.2 Å². The van der Waals surface area contributed by atoms with Crippen LogP contribution in [0.15, 0.2) is 42.5 Å². The maximum atomic E-state index is 13.7. The fourth-order valence-electron chi connectivity index (χ4n) is 5.82. The van der Waals surface area contributed by atoms with Gasteiger partial charge in [-0.25, -0.2) is 9.80 Å². The molecule has 9 heteroatoms. The first-order valence-electron chi connectivity index (χ1n) is 13.2. The van der Waals surface area contributed by atoms with Crippen molar-refractivity contribution in [2.45, 2.75) is 38.1 Å². The molecule has 6 rings (SSSR count). The minimum atomic E-state index is -0.341. The van der Waals surface area contributed by atoms with Gasteiger partial charge in [0.1, 0.15) is 5.69 Å². The van der Waals surface area contributed by atoms with Gasteiger partial charge in [-0.15, -0.1) is 0 Å². The van der Waals surface area contributed by atoms with Crippen LogP contribution >= 0.6 is 0 Å². The number of hydrogen-bond acceptors (Lipinski definition) is 6. The van der Waals surface area contributed by atoms with Gasteiger partial charge >= 0.3 is 6.03 Å². The third-order valence-electron chi connectivity index (χ3n) is 7.83. The van der Waals surface area contributed by atoms with Crippen LogP contribution in [0.1, 0.15) is 48.0 Å². The number of rotatable bonds is 5. The number of hydrazine groups is 1. The Bertz CT molecular complexity index is 1300. The average Bonchev–Trinajstić information content (AvgIpc) is 3.50. The number of piperazine rings is 1. The number of urea groups is 1. The molecule has 2 fully saturated rings. The summed E-state index contributed by atoms with van der Waals surface area (Å²) in [6, 6.07) is 13.8. The first-order chi connectivity index (χ1) is 18.1. The second-order valence-electron chi connectivity index (χ2n) is 10.1. The Morgan fingerprint density at radius 3 is 2.54 bits per heavy atom. The summed E-state index contributed by atoms with van der Waals surface area (Å²) in [7, 11) is 1.91. The molecular formula is C28H33N7O2. The molecule has 2 amide bonds. The monoisotopic (exact) mass is 499 g/mol. The number of benzene rings is 2. The van der Waals surface area contributed by atoms with Gasteiger partial charge in [-0.05, 0) is 31.0 Å².